The molecule has 2 aromatic heterocycles. The van der Waals surface area contributed by atoms with Gasteiger partial charge in [0.2, 0.25) is 5.89 Å². The molecule has 4 aromatic rings. The van der Waals surface area contributed by atoms with Gasteiger partial charge in [-0.05, 0) is 36.4 Å². The summed E-state index contributed by atoms with van der Waals surface area (Å²) in [6.45, 7) is 0.799. The van der Waals surface area contributed by atoms with E-state index in [1.165, 1.54) is 11.8 Å². The van der Waals surface area contributed by atoms with Crippen LogP contribution in [0.2, 0.25) is 10.0 Å². The van der Waals surface area contributed by atoms with Crippen molar-refractivity contribution in [2.75, 3.05) is 13.7 Å². The van der Waals surface area contributed by atoms with Crippen LogP contribution in [0.15, 0.2) is 63.1 Å². The predicted octanol–water partition coefficient (Wildman–Crippen LogP) is 5.30. The summed E-state index contributed by atoms with van der Waals surface area (Å²) in [7, 11) is 1.60. The van der Waals surface area contributed by atoms with Gasteiger partial charge in [0.25, 0.3) is 5.56 Å². The van der Waals surface area contributed by atoms with Gasteiger partial charge in [-0.3, -0.25) is 9.36 Å². The van der Waals surface area contributed by atoms with E-state index in [0.717, 1.165) is 11.3 Å². The molecule has 0 fully saturated rings. The van der Waals surface area contributed by atoms with Crippen LogP contribution >= 0.6 is 35.0 Å². The van der Waals surface area contributed by atoms with Crippen molar-refractivity contribution in [3.05, 3.63) is 74.8 Å². The molecule has 0 unspecified atom stereocenters. The van der Waals surface area contributed by atoms with Crippen LogP contribution in [-0.4, -0.2) is 28.3 Å². The van der Waals surface area contributed by atoms with Crippen molar-refractivity contribution in [3.63, 3.8) is 0 Å². The third-order valence-corrected chi connectivity index (χ3v) is 5.85. The van der Waals surface area contributed by atoms with E-state index in [-0.39, 0.29) is 5.56 Å². The molecule has 0 aliphatic carbocycles. The van der Waals surface area contributed by atoms with E-state index in [9.17, 15) is 4.79 Å². The first kappa shape index (κ1) is 20.9. The lowest BCUT2D eigenvalue weighted by Crippen LogP contribution is -2.25. The van der Waals surface area contributed by atoms with Crippen molar-refractivity contribution >= 4 is 45.9 Å². The van der Waals surface area contributed by atoms with E-state index in [1.807, 2.05) is 12.1 Å². The van der Waals surface area contributed by atoms with Crippen molar-refractivity contribution in [2.24, 2.45) is 0 Å². The molecular weight excluding hydrogens is 445 g/mol. The second kappa shape index (κ2) is 9.22. The fourth-order valence-corrected chi connectivity index (χ4v) is 4.19. The first-order chi connectivity index (χ1) is 14.5. The second-order valence-corrected chi connectivity index (χ2v) is 8.26. The number of fused-ring (bicyclic) bond motifs is 1. The van der Waals surface area contributed by atoms with Crippen LogP contribution in [-0.2, 0) is 17.0 Å². The normalized spacial score (nSPS) is 11.3. The molecule has 0 saturated heterocycles. The Labute approximate surface area is 186 Å². The van der Waals surface area contributed by atoms with Crippen LogP contribution in [0.25, 0.3) is 22.4 Å². The Morgan fingerprint density at radius 1 is 1.13 bits per heavy atom. The minimum Gasteiger partial charge on any atom is -0.444 e. The highest BCUT2D eigenvalue weighted by Crippen LogP contribution is 2.26. The Hall–Kier alpha value is -2.32. The van der Waals surface area contributed by atoms with Crippen molar-refractivity contribution in [1.82, 2.24) is 14.5 Å². The maximum absolute atomic E-state index is 13.0. The lowest BCUT2D eigenvalue weighted by Gasteiger charge is -2.12. The number of rotatable bonds is 7. The van der Waals surface area contributed by atoms with Crippen LogP contribution in [0.1, 0.15) is 5.69 Å². The molecule has 0 spiro atoms. The van der Waals surface area contributed by atoms with E-state index in [4.69, 9.17) is 32.4 Å². The minimum atomic E-state index is -0.129. The highest BCUT2D eigenvalue weighted by Gasteiger charge is 2.14. The molecule has 154 valence electrons. The van der Waals surface area contributed by atoms with Crippen molar-refractivity contribution in [3.8, 4) is 11.5 Å². The highest BCUT2D eigenvalue weighted by molar-refractivity contribution is 7.98. The Bertz CT molecular complexity index is 1260. The smallest absolute Gasteiger partial charge is 0.262 e. The Morgan fingerprint density at radius 2 is 1.97 bits per heavy atom. The maximum Gasteiger partial charge on any atom is 0.262 e. The molecule has 0 amide bonds. The molecular formula is C21H17Cl2N3O3S. The van der Waals surface area contributed by atoms with Crippen LogP contribution < -0.4 is 5.56 Å². The standard InChI is InChI=1S/C21H17Cl2N3O3S/c1-28-8-7-26-20(27)17-6-5-15(23)10-18(17)25-21(26)30-12-16-11-29-19(24-16)13-3-2-4-14(22)9-13/h2-6,9-11H,7-8,12H2,1H3. The molecule has 4 rings (SSSR count). The Balaban J connectivity index is 1.62. The predicted molar refractivity (Wildman–Crippen MR) is 119 cm³/mol. The van der Waals surface area contributed by atoms with Gasteiger partial charge in [0.05, 0.1) is 29.7 Å². The van der Waals surface area contributed by atoms with Crippen molar-refractivity contribution in [2.45, 2.75) is 17.5 Å². The molecule has 0 atom stereocenters. The van der Waals surface area contributed by atoms with E-state index in [0.29, 0.717) is 50.9 Å². The molecule has 30 heavy (non-hydrogen) atoms. The van der Waals surface area contributed by atoms with E-state index in [1.54, 1.807) is 48.3 Å². The second-order valence-electron chi connectivity index (χ2n) is 6.45. The lowest BCUT2D eigenvalue weighted by atomic mass is 10.2. The van der Waals surface area contributed by atoms with Crippen molar-refractivity contribution < 1.29 is 9.15 Å². The molecule has 2 aromatic carbocycles. The zero-order valence-corrected chi connectivity index (χ0v) is 18.3. The molecule has 0 aliphatic rings. The summed E-state index contributed by atoms with van der Waals surface area (Å²) in [5, 5.41) is 2.23. The molecule has 2 heterocycles. The summed E-state index contributed by atoms with van der Waals surface area (Å²) >= 11 is 13.5. The monoisotopic (exact) mass is 461 g/mol. The summed E-state index contributed by atoms with van der Waals surface area (Å²) in [6.07, 6.45) is 1.60. The van der Waals surface area contributed by atoms with Gasteiger partial charge < -0.3 is 9.15 Å². The average Bonchev–Trinajstić information content (AvgIpc) is 3.21. The SMILES string of the molecule is COCCn1c(SCc2coc(-c3cccc(Cl)c3)n2)nc2cc(Cl)ccc2c1=O. The topological polar surface area (TPSA) is 70.2 Å². The van der Waals surface area contributed by atoms with Crippen LogP contribution in [0.3, 0.4) is 0 Å². The number of aromatic nitrogens is 3. The number of thioether (sulfide) groups is 1. The molecule has 0 aliphatic heterocycles. The number of benzene rings is 2. The van der Waals surface area contributed by atoms with E-state index < -0.39 is 0 Å². The summed E-state index contributed by atoms with van der Waals surface area (Å²) < 4.78 is 12.4. The summed E-state index contributed by atoms with van der Waals surface area (Å²) in [4.78, 5) is 22.1. The van der Waals surface area contributed by atoms with E-state index >= 15 is 0 Å². The number of halogens is 2. The van der Waals surface area contributed by atoms with Gasteiger partial charge in [-0.15, -0.1) is 0 Å². The quantitative estimate of drug-likeness (QED) is 0.274. The Kier molecular flexibility index (Phi) is 6.43. The van der Waals surface area contributed by atoms with Gasteiger partial charge in [-0.2, -0.15) is 0 Å². The Morgan fingerprint density at radius 3 is 2.77 bits per heavy atom. The first-order valence-corrected chi connectivity index (χ1v) is 10.8. The molecule has 0 saturated carbocycles. The molecule has 9 heteroatoms. The molecule has 0 N–H and O–H groups in total. The largest absolute Gasteiger partial charge is 0.444 e. The lowest BCUT2D eigenvalue weighted by molar-refractivity contribution is 0.183. The van der Waals surface area contributed by atoms with Gasteiger partial charge in [-0.1, -0.05) is 41.0 Å². The number of ether oxygens (including phenoxy) is 1. The number of hydrogen-bond acceptors (Lipinski definition) is 6. The maximum atomic E-state index is 13.0. The fourth-order valence-electron chi connectivity index (χ4n) is 2.93. The average molecular weight is 462 g/mol. The van der Waals surface area contributed by atoms with Gasteiger partial charge in [0, 0.05) is 28.5 Å². The van der Waals surface area contributed by atoms with Gasteiger partial charge in [0.1, 0.15) is 6.26 Å². The van der Waals surface area contributed by atoms with Gasteiger partial charge in [-0.25, -0.2) is 9.97 Å². The zero-order valence-electron chi connectivity index (χ0n) is 16.0. The van der Waals surface area contributed by atoms with Crippen molar-refractivity contribution in [1.29, 1.82) is 0 Å². The molecule has 6 nitrogen and oxygen atoms in total. The third kappa shape index (κ3) is 4.54. The van der Waals surface area contributed by atoms with Crippen LogP contribution in [0.4, 0.5) is 0 Å². The fraction of sp³-hybridized carbons (Fsp3) is 0.190. The summed E-state index contributed by atoms with van der Waals surface area (Å²) in [6, 6.07) is 12.4. The molecule has 0 bridgehead atoms. The molecule has 0 radical (unpaired) electrons. The highest BCUT2D eigenvalue weighted by atomic mass is 35.5. The van der Waals surface area contributed by atoms with Gasteiger partial charge in [0.15, 0.2) is 5.16 Å². The van der Waals surface area contributed by atoms with E-state index in [2.05, 4.69) is 9.97 Å². The van der Waals surface area contributed by atoms with Crippen LogP contribution in [0.5, 0.6) is 0 Å². The first-order valence-electron chi connectivity index (χ1n) is 9.07. The third-order valence-electron chi connectivity index (χ3n) is 4.37. The zero-order chi connectivity index (χ0) is 21.1. The van der Waals surface area contributed by atoms with Crippen LogP contribution in [0, 0.1) is 0 Å². The minimum absolute atomic E-state index is 0.129. The number of oxazole rings is 1. The summed E-state index contributed by atoms with van der Waals surface area (Å²) in [5.41, 5.74) is 1.96. The number of hydrogen-bond donors (Lipinski definition) is 0. The summed E-state index contributed by atoms with van der Waals surface area (Å²) in [5.74, 6) is 0.971. The number of methoxy groups -OCH3 is 1. The number of nitrogens with zero attached hydrogens (tertiary/aromatic N) is 3. The van der Waals surface area contributed by atoms with Gasteiger partial charge >= 0.3 is 0 Å².